The lowest BCUT2D eigenvalue weighted by Gasteiger charge is -2.28. The van der Waals surface area contributed by atoms with Crippen molar-refractivity contribution in [1.82, 2.24) is 14.5 Å². The zero-order valence-corrected chi connectivity index (χ0v) is 20.0. The Morgan fingerprint density at radius 3 is 2.46 bits per heavy atom. The molecule has 0 fully saturated rings. The van der Waals surface area contributed by atoms with Gasteiger partial charge in [-0.3, -0.25) is 14.2 Å². The highest BCUT2D eigenvalue weighted by atomic mass is 16.6. The normalized spacial score (nSPS) is 12.6. The summed E-state index contributed by atoms with van der Waals surface area (Å²) in [5.41, 5.74) is 3.12. The summed E-state index contributed by atoms with van der Waals surface area (Å²) in [6.07, 6.45) is -0.0891. The minimum absolute atomic E-state index is 0.182. The Morgan fingerprint density at radius 1 is 1.09 bits per heavy atom. The van der Waals surface area contributed by atoms with Crippen molar-refractivity contribution in [1.29, 1.82) is 0 Å². The maximum Gasteiger partial charge on any atom is 0.410 e. The molecule has 2 amide bonds. The van der Waals surface area contributed by atoms with Crippen molar-refractivity contribution in [2.75, 3.05) is 25.6 Å². The molecule has 1 aliphatic heterocycles. The predicted octanol–water partition coefficient (Wildman–Crippen LogP) is 3.38. The second-order valence-electron chi connectivity index (χ2n) is 8.27. The van der Waals surface area contributed by atoms with E-state index in [2.05, 4.69) is 5.32 Å². The number of methoxy groups -OCH3 is 1. The van der Waals surface area contributed by atoms with Gasteiger partial charge in [0.1, 0.15) is 18.1 Å². The molecule has 182 valence electrons. The Bertz CT molecular complexity index is 1280. The third-order valence-electron chi connectivity index (χ3n) is 5.83. The number of hydrogen-bond acceptors (Lipinski definition) is 6. The number of nitrogens with zero attached hydrogens (tertiary/aromatic N) is 3. The fraction of sp³-hybridized carbons (Fsp3) is 0.308. The lowest BCUT2D eigenvalue weighted by atomic mass is 10.1. The van der Waals surface area contributed by atoms with E-state index in [1.54, 1.807) is 38.3 Å². The van der Waals surface area contributed by atoms with E-state index in [0.717, 1.165) is 5.56 Å². The summed E-state index contributed by atoms with van der Waals surface area (Å²) in [7, 11) is 1.57. The van der Waals surface area contributed by atoms with Crippen LogP contribution in [0.4, 0.5) is 10.5 Å². The second-order valence-corrected chi connectivity index (χ2v) is 8.27. The van der Waals surface area contributed by atoms with Gasteiger partial charge >= 0.3 is 6.09 Å². The molecule has 0 spiro atoms. The molecule has 4 rings (SSSR count). The topological polar surface area (TPSA) is 103 Å². The first-order valence-corrected chi connectivity index (χ1v) is 11.4. The third kappa shape index (κ3) is 5.34. The van der Waals surface area contributed by atoms with E-state index >= 15 is 0 Å². The summed E-state index contributed by atoms with van der Waals surface area (Å²) in [6.45, 7) is 4.33. The van der Waals surface area contributed by atoms with Crippen molar-refractivity contribution in [3.63, 3.8) is 0 Å². The highest BCUT2D eigenvalue weighted by Crippen LogP contribution is 2.22. The lowest BCUT2D eigenvalue weighted by Crippen LogP contribution is -2.42. The fourth-order valence-corrected chi connectivity index (χ4v) is 3.99. The Hall–Kier alpha value is -4.14. The van der Waals surface area contributed by atoms with Crippen LogP contribution in [-0.4, -0.2) is 46.7 Å². The minimum Gasteiger partial charge on any atom is -0.497 e. The van der Waals surface area contributed by atoms with Crippen LogP contribution < -0.4 is 15.6 Å². The molecule has 9 heteroatoms. The van der Waals surface area contributed by atoms with Crippen LogP contribution in [0.3, 0.4) is 0 Å². The molecule has 0 aliphatic carbocycles. The minimum atomic E-state index is -0.431. The number of fused-ring (bicyclic) bond motifs is 1. The first-order chi connectivity index (χ1) is 16.9. The number of ether oxygens (including phenoxy) is 2. The maximum absolute atomic E-state index is 13.5. The van der Waals surface area contributed by atoms with E-state index in [4.69, 9.17) is 14.5 Å². The van der Waals surface area contributed by atoms with Gasteiger partial charge in [0.25, 0.3) is 5.56 Å². The maximum atomic E-state index is 13.5. The number of benzene rings is 2. The summed E-state index contributed by atoms with van der Waals surface area (Å²) in [4.78, 5) is 45.0. The van der Waals surface area contributed by atoms with E-state index in [0.29, 0.717) is 47.0 Å². The highest BCUT2D eigenvalue weighted by Gasteiger charge is 2.27. The SMILES string of the molecule is CCOC(=O)N1CCc2c(nc(-c3ccc(C)cc3)n(CC(=O)Nc3ccc(OC)cc3)c2=O)C1. The first kappa shape index (κ1) is 24.0. The number of nitrogens with one attached hydrogen (secondary N) is 1. The van der Waals surface area contributed by atoms with Gasteiger partial charge in [-0.2, -0.15) is 0 Å². The van der Waals surface area contributed by atoms with E-state index in [1.807, 2.05) is 31.2 Å². The Labute approximate surface area is 203 Å². The lowest BCUT2D eigenvalue weighted by molar-refractivity contribution is -0.116. The molecule has 0 unspecified atom stereocenters. The van der Waals surface area contributed by atoms with Gasteiger partial charge in [-0.15, -0.1) is 0 Å². The van der Waals surface area contributed by atoms with Gasteiger partial charge in [-0.05, 0) is 44.5 Å². The summed E-state index contributed by atoms with van der Waals surface area (Å²) in [6, 6.07) is 14.5. The average molecular weight is 477 g/mol. The average Bonchev–Trinajstić information content (AvgIpc) is 2.86. The summed E-state index contributed by atoms with van der Waals surface area (Å²) in [5, 5.41) is 2.82. The molecule has 2 aromatic carbocycles. The first-order valence-electron chi connectivity index (χ1n) is 11.4. The number of aromatic nitrogens is 2. The van der Waals surface area contributed by atoms with Crippen LogP contribution in [0.5, 0.6) is 5.75 Å². The van der Waals surface area contributed by atoms with Crippen molar-refractivity contribution in [2.45, 2.75) is 33.4 Å². The van der Waals surface area contributed by atoms with Crippen molar-refractivity contribution in [3.8, 4) is 17.1 Å². The molecule has 3 aromatic rings. The molecule has 0 saturated carbocycles. The number of carbonyl (C=O) groups excluding carboxylic acids is 2. The third-order valence-corrected chi connectivity index (χ3v) is 5.83. The molecular weight excluding hydrogens is 448 g/mol. The van der Waals surface area contributed by atoms with Crippen LogP contribution in [0.25, 0.3) is 11.4 Å². The van der Waals surface area contributed by atoms with Crippen molar-refractivity contribution >= 4 is 17.7 Å². The van der Waals surface area contributed by atoms with Gasteiger partial charge in [0.2, 0.25) is 5.91 Å². The summed E-state index contributed by atoms with van der Waals surface area (Å²) >= 11 is 0. The molecule has 9 nitrogen and oxygen atoms in total. The monoisotopic (exact) mass is 476 g/mol. The van der Waals surface area contributed by atoms with Crippen molar-refractivity contribution in [3.05, 3.63) is 75.7 Å². The summed E-state index contributed by atoms with van der Waals surface area (Å²) in [5.74, 6) is 0.706. The number of amides is 2. The van der Waals surface area contributed by atoms with Crippen LogP contribution in [0.2, 0.25) is 0 Å². The zero-order chi connectivity index (χ0) is 24.9. The van der Waals surface area contributed by atoms with E-state index in [1.165, 1.54) is 9.47 Å². The van der Waals surface area contributed by atoms with E-state index in [-0.39, 0.29) is 31.2 Å². The van der Waals surface area contributed by atoms with Crippen LogP contribution in [-0.2, 0) is 29.0 Å². The number of anilines is 1. The van der Waals surface area contributed by atoms with Gasteiger partial charge in [0.15, 0.2) is 0 Å². The molecule has 1 aliphatic rings. The number of carbonyl (C=O) groups is 2. The van der Waals surface area contributed by atoms with Gasteiger partial charge in [0, 0.05) is 23.4 Å². The molecule has 0 atom stereocenters. The van der Waals surface area contributed by atoms with Gasteiger partial charge in [-0.25, -0.2) is 9.78 Å². The summed E-state index contributed by atoms with van der Waals surface area (Å²) < 4.78 is 11.7. The smallest absolute Gasteiger partial charge is 0.410 e. The van der Waals surface area contributed by atoms with Crippen LogP contribution in [0, 0.1) is 6.92 Å². The predicted molar refractivity (Wildman–Crippen MR) is 131 cm³/mol. The molecule has 35 heavy (non-hydrogen) atoms. The van der Waals surface area contributed by atoms with Crippen molar-refractivity contribution in [2.24, 2.45) is 0 Å². The van der Waals surface area contributed by atoms with Crippen LogP contribution >= 0.6 is 0 Å². The molecule has 2 heterocycles. The van der Waals surface area contributed by atoms with Gasteiger partial charge in [-0.1, -0.05) is 29.8 Å². The highest BCUT2D eigenvalue weighted by molar-refractivity contribution is 5.90. The van der Waals surface area contributed by atoms with Gasteiger partial charge in [0.05, 0.1) is 26.0 Å². The quantitative estimate of drug-likeness (QED) is 0.585. The standard InChI is InChI=1S/C26H28N4O5/c1-4-35-26(33)29-14-13-21-22(15-29)28-24(18-7-5-17(2)6-8-18)30(25(21)32)16-23(31)27-19-9-11-20(34-3)12-10-19/h5-12H,4,13-16H2,1-3H3,(H,27,31). The zero-order valence-electron chi connectivity index (χ0n) is 20.0. The molecule has 1 aromatic heterocycles. The van der Waals surface area contributed by atoms with Gasteiger partial charge < -0.3 is 19.7 Å². The Balaban J connectivity index is 1.68. The molecule has 0 radical (unpaired) electrons. The largest absolute Gasteiger partial charge is 0.497 e. The number of aryl methyl sites for hydroxylation is 1. The van der Waals surface area contributed by atoms with E-state index < -0.39 is 6.09 Å². The second kappa shape index (κ2) is 10.4. The Morgan fingerprint density at radius 2 is 1.80 bits per heavy atom. The number of hydrogen-bond donors (Lipinski definition) is 1. The van der Waals surface area contributed by atoms with Crippen LogP contribution in [0.1, 0.15) is 23.7 Å². The molecular formula is C26H28N4O5. The molecule has 0 saturated heterocycles. The van der Waals surface area contributed by atoms with Crippen molar-refractivity contribution < 1.29 is 19.1 Å². The Kier molecular flexibility index (Phi) is 7.14. The fourth-order valence-electron chi connectivity index (χ4n) is 3.99. The van der Waals surface area contributed by atoms with Crippen LogP contribution in [0.15, 0.2) is 53.3 Å². The van der Waals surface area contributed by atoms with E-state index in [9.17, 15) is 14.4 Å². The molecule has 0 bridgehead atoms. The number of rotatable bonds is 6. The molecule has 1 N–H and O–H groups in total.